The van der Waals surface area contributed by atoms with Crippen LogP contribution in [0, 0.1) is 6.92 Å². The van der Waals surface area contributed by atoms with E-state index in [1.54, 1.807) is 12.4 Å². The maximum absolute atomic E-state index is 5.82. The highest BCUT2D eigenvalue weighted by atomic mass is 16.5. The van der Waals surface area contributed by atoms with Gasteiger partial charge < -0.3 is 13.7 Å². The largest absolute Gasteiger partial charge is 0.494 e. The molecule has 0 unspecified atom stereocenters. The molecule has 0 spiro atoms. The number of aromatic nitrogens is 4. The average molecular weight is 362 g/mol. The van der Waals surface area contributed by atoms with Crippen molar-refractivity contribution in [3.05, 3.63) is 66.1 Å². The zero-order chi connectivity index (χ0) is 18.6. The lowest BCUT2D eigenvalue weighted by Crippen LogP contribution is -1.93. The molecule has 3 heterocycles. The fourth-order valence-corrected chi connectivity index (χ4v) is 2.66. The van der Waals surface area contributed by atoms with Gasteiger partial charge in [-0.25, -0.2) is 4.98 Å². The summed E-state index contributed by atoms with van der Waals surface area (Å²) in [6.45, 7) is 4.47. The molecule has 1 aromatic carbocycles. The predicted molar refractivity (Wildman–Crippen MR) is 98.2 cm³/mol. The first-order valence-corrected chi connectivity index (χ1v) is 8.65. The molecule has 3 aromatic heterocycles. The van der Waals surface area contributed by atoms with Gasteiger partial charge >= 0.3 is 0 Å². The molecular formula is C20H18N4O3. The smallest absolute Gasteiger partial charge is 0.258 e. The third-order valence-corrected chi connectivity index (χ3v) is 4.03. The van der Waals surface area contributed by atoms with E-state index in [2.05, 4.69) is 20.1 Å². The molecule has 0 amide bonds. The quantitative estimate of drug-likeness (QED) is 0.510. The topological polar surface area (TPSA) is 87.1 Å². The highest BCUT2D eigenvalue weighted by Gasteiger charge is 2.16. The van der Waals surface area contributed by atoms with Gasteiger partial charge in [0.25, 0.3) is 5.89 Å². The number of oxazole rings is 1. The van der Waals surface area contributed by atoms with E-state index in [1.807, 2.05) is 50.2 Å². The van der Waals surface area contributed by atoms with Crippen LogP contribution < -0.4 is 4.74 Å². The molecular weight excluding hydrogens is 344 g/mol. The van der Waals surface area contributed by atoms with Crippen LogP contribution in [-0.4, -0.2) is 26.7 Å². The molecule has 0 radical (unpaired) electrons. The van der Waals surface area contributed by atoms with Gasteiger partial charge in [0.2, 0.25) is 5.89 Å². The first kappa shape index (κ1) is 17.0. The second-order valence-electron chi connectivity index (χ2n) is 5.91. The van der Waals surface area contributed by atoms with Crippen LogP contribution in [0.4, 0.5) is 0 Å². The van der Waals surface area contributed by atoms with Crippen molar-refractivity contribution < 1.29 is 13.7 Å². The molecule has 0 fully saturated rings. The fraction of sp³-hybridized carbons (Fsp3) is 0.200. The first-order chi connectivity index (χ1) is 13.2. The van der Waals surface area contributed by atoms with Crippen LogP contribution in [0.5, 0.6) is 5.75 Å². The third kappa shape index (κ3) is 3.72. The summed E-state index contributed by atoms with van der Waals surface area (Å²) in [5.74, 6) is 3.12. The standard InChI is InChI=1S/C20H18N4O3/c1-3-25-16-6-4-14(5-7-16)19-22-17(13(2)26-19)12-18-23-20(27-24-18)15-8-10-21-11-9-15/h4-11H,3,12H2,1-2H3. The minimum atomic E-state index is 0.431. The van der Waals surface area contributed by atoms with Crippen molar-refractivity contribution in [2.45, 2.75) is 20.3 Å². The zero-order valence-electron chi connectivity index (χ0n) is 15.0. The van der Waals surface area contributed by atoms with Gasteiger partial charge in [0, 0.05) is 23.5 Å². The SMILES string of the molecule is CCOc1ccc(-c2nc(Cc3noc(-c4ccncc4)n3)c(C)o2)cc1. The van der Waals surface area contributed by atoms with Gasteiger partial charge in [0.05, 0.1) is 18.7 Å². The van der Waals surface area contributed by atoms with Crippen LogP contribution in [0.3, 0.4) is 0 Å². The predicted octanol–water partition coefficient (Wildman–Crippen LogP) is 4.08. The summed E-state index contributed by atoms with van der Waals surface area (Å²) in [5, 5.41) is 4.04. The maximum Gasteiger partial charge on any atom is 0.258 e. The summed E-state index contributed by atoms with van der Waals surface area (Å²) >= 11 is 0. The van der Waals surface area contributed by atoms with E-state index in [0.29, 0.717) is 30.6 Å². The fourth-order valence-electron chi connectivity index (χ4n) is 2.66. The Morgan fingerprint density at radius 3 is 2.41 bits per heavy atom. The van der Waals surface area contributed by atoms with Gasteiger partial charge in [-0.05, 0) is 50.2 Å². The number of nitrogens with zero attached hydrogens (tertiary/aromatic N) is 4. The number of rotatable bonds is 6. The first-order valence-electron chi connectivity index (χ1n) is 8.65. The summed E-state index contributed by atoms with van der Waals surface area (Å²) in [6.07, 6.45) is 3.80. The van der Waals surface area contributed by atoms with Crippen LogP contribution in [0.25, 0.3) is 22.9 Å². The number of hydrogen-bond acceptors (Lipinski definition) is 7. The Hall–Kier alpha value is -3.48. The lowest BCUT2D eigenvalue weighted by atomic mass is 10.2. The minimum Gasteiger partial charge on any atom is -0.494 e. The molecule has 136 valence electrons. The van der Waals surface area contributed by atoms with Gasteiger partial charge in [0.1, 0.15) is 11.5 Å². The van der Waals surface area contributed by atoms with Crippen LogP contribution in [0.15, 0.2) is 57.7 Å². The second-order valence-corrected chi connectivity index (χ2v) is 5.91. The van der Waals surface area contributed by atoms with Crippen LogP contribution >= 0.6 is 0 Å². The molecule has 0 saturated heterocycles. The van der Waals surface area contributed by atoms with Gasteiger partial charge in [0.15, 0.2) is 5.82 Å². The number of hydrogen-bond donors (Lipinski definition) is 0. The van der Waals surface area contributed by atoms with Crippen molar-refractivity contribution in [2.75, 3.05) is 6.61 Å². The third-order valence-electron chi connectivity index (χ3n) is 4.03. The summed E-state index contributed by atoms with van der Waals surface area (Å²) in [4.78, 5) is 13.0. The molecule has 4 rings (SSSR count). The van der Waals surface area contributed by atoms with Gasteiger partial charge in [-0.1, -0.05) is 5.16 Å². The highest BCUT2D eigenvalue weighted by molar-refractivity contribution is 5.55. The Morgan fingerprint density at radius 1 is 0.926 bits per heavy atom. The summed E-state index contributed by atoms with van der Waals surface area (Å²) < 4.78 is 16.6. The molecule has 7 nitrogen and oxygen atoms in total. The zero-order valence-corrected chi connectivity index (χ0v) is 15.0. The number of aryl methyl sites for hydroxylation is 1. The Labute approximate surface area is 156 Å². The van der Waals surface area contributed by atoms with Crippen molar-refractivity contribution in [3.63, 3.8) is 0 Å². The van der Waals surface area contributed by atoms with Crippen LogP contribution in [0.2, 0.25) is 0 Å². The molecule has 4 aromatic rings. The molecule has 0 atom stereocenters. The van der Waals surface area contributed by atoms with E-state index in [1.165, 1.54) is 0 Å². The molecule has 27 heavy (non-hydrogen) atoms. The van der Waals surface area contributed by atoms with Crippen LogP contribution in [-0.2, 0) is 6.42 Å². The Bertz CT molecular complexity index is 1020. The van der Waals surface area contributed by atoms with E-state index in [9.17, 15) is 0 Å². The molecule has 0 N–H and O–H groups in total. The number of pyridine rings is 1. The normalized spacial score (nSPS) is 10.9. The Balaban J connectivity index is 1.53. The summed E-state index contributed by atoms with van der Waals surface area (Å²) in [7, 11) is 0. The average Bonchev–Trinajstić information content (AvgIpc) is 3.31. The number of benzene rings is 1. The van der Waals surface area contributed by atoms with Crippen molar-refractivity contribution in [1.82, 2.24) is 20.1 Å². The van der Waals surface area contributed by atoms with Crippen molar-refractivity contribution in [3.8, 4) is 28.7 Å². The maximum atomic E-state index is 5.82. The molecule has 0 saturated carbocycles. The van der Waals surface area contributed by atoms with E-state index in [0.717, 1.165) is 28.3 Å². The molecule has 0 aliphatic carbocycles. The molecule has 7 heteroatoms. The monoisotopic (exact) mass is 362 g/mol. The van der Waals surface area contributed by atoms with E-state index in [-0.39, 0.29) is 0 Å². The summed E-state index contributed by atoms with van der Waals surface area (Å²) in [6, 6.07) is 11.3. The summed E-state index contributed by atoms with van der Waals surface area (Å²) in [5.41, 5.74) is 2.50. The van der Waals surface area contributed by atoms with Crippen molar-refractivity contribution in [2.24, 2.45) is 0 Å². The molecule has 0 aliphatic heterocycles. The van der Waals surface area contributed by atoms with Crippen molar-refractivity contribution in [1.29, 1.82) is 0 Å². The highest BCUT2D eigenvalue weighted by Crippen LogP contribution is 2.25. The number of ether oxygens (including phenoxy) is 1. The lowest BCUT2D eigenvalue weighted by molar-refractivity contribution is 0.340. The van der Waals surface area contributed by atoms with Gasteiger partial charge in [-0.15, -0.1) is 0 Å². The molecule has 0 aliphatic rings. The Kier molecular flexibility index (Phi) is 4.65. The van der Waals surface area contributed by atoms with E-state index < -0.39 is 0 Å². The van der Waals surface area contributed by atoms with Gasteiger partial charge in [-0.3, -0.25) is 4.98 Å². The van der Waals surface area contributed by atoms with E-state index in [4.69, 9.17) is 13.7 Å². The molecule has 0 bridgehead atoms. The van der Waals surface area contributed by atoms with E-state index >= 15 is 0 Å². The Morgan fingerprint density at radius 2 is 1.67 bits per heavy atom. The van der Waals surface area contributed by atoms with Crippen molar-refractivity contribution >= 4 is 0 Å². The van der Waals surface area contributed by atoms with Crippen LogP contribution in [0.1, 0.15) is 24.2 Å². The second kappa shape index (κ2) is 7.41. The lowest BCUT2D eigenvalue weighted by Gasteiger charge is -2.02. The van der Waals surface area contributed by atoms with Gasteiger partial charge in [-0.2, -0.15) is 4.98 Å². The minimum absolute atomic E-state index is 0.431.